The molecule has 7 heteroatoms. The maximum atomic E-state index is 12.3. The van der Waals surface area contributed by atoms with E-state index in [1.807, 2.05) is 16.2 Å². The first-order valence-electron chi connectivity index (χ1n) is 11.1. The van der Waals surface area contributed by atoms with E-state index in [2.05, 4.69) is 36.1 Å². The Labute approximate surface area is 192 Å². The van der Waals surface area contributed by atoms with Crippen molar-refractivity contribution >= 4 is 44.9 Å². The van der Waals surface area contributed by atoms with Gasteiger partial charge in [-0.2, -0.15) is 0 Å². The lowest BCUT2D eigenvalue weighted by Gasteiger charge is -2.36. The molecule has 0 bridgehead atoms. The van der Waals surface area contributed by atoms with Crippen LogP contribution in [-0.2, 0) is 17.6 Å². The van der Waals surface area contributed by atoms with E-state index in [1.165, 1.54) is 34.2 Å². The highest BCUT2D eigenvalue weighted by molar-refractivity contribution is 7.19. The molecule has 0 radical (unpaired) electrons. The number of carbonyl (C=O) groups is 1. The van der Waals surface area contributed by atoms with Gasteiger partial charge in [0.25, 0.3) is 0 Å². The van der Waals surface area contributed by atoms with Gasteiger partial charge in [0.1, 0.15) is 10.6 Å². The van der Waals surface area contributed by atoms with Crippen molar-refractivity contribution in [2.24, 2.45) is 0 Å². The fourth-order valence-corrected chi connectivity index (χ4v) is 6.02. The van der Waals surface area contributed by atoms with Crippen LogP contribution in [0.25, 0.3) is 21.6 Å². The Kier molecular flexibility index (Phi) is 5.85. The predicted octanol–water partition coefficient (Wildman–Crippen LogP) is 4.82. The quantitative estimate of drug-likeness (QED) is 0.530. The first-order valence-corrected chi connectivity index (χ1v) is 12.5. The van der Waals surface area contributed by atoms with E-state index < -0.39 is 0 Å². The van der Waals surface area contributed by atoms with Crippen LogP contribution in [-0.4, -0.2) is 52.8 Å². The van der Waals surface area contributed by atoms with Crippen molar-refractivity contribution in [3.05, 3.63) is 40.3 Å². The molecule has 1 aliphatic carbocycles. The number of anilines is 1. The van der Waals surface area contributed by atoms with Gasteiger partial charge in [-0.05, 0) is 38.2 Å². The molecular weight excluding hydrogens is 428 g/mol. The molecule has 1 aliphatic heterocycles. The monoisotopic (exact) mass is 454 g/mol. The summed E-state index contributed by atoms with van der Waals surface area (Å²) in [6, 6.07) is 8.44. The Morgan fingerprint density at radius 3 is 2.55 bits per heavy atom. The first kappa shape index (κ1) is 20.7. The first-order chi connectivity index (χ1) is 15.1. The zero-order chi connectivity index (χ0) is 21.4. The maximum absolute atomic E-state index is 12.3. The van der Waals surface area contributed by atoms with Crippen molar-refractivity contribution in [2.45, 2.75) is 39.0 Å². The summed E-state index contributed by atoms with van der Waals surface area (Å²) in [5.74, 6) is 2.37. The van der Waals surface area contributed by atoms with Gasteiger partial charge in [-0.25, -0.2) is 9.97 Å². The molecule has 2 aromatic heterocycles. The van der Waals surface area contributed by atoms with Crippen LogP contribution in [0.2, 0.25) is 0 Å². The van der Waals surface area contributed by atoms with Crippen molar-refractivity contribution < 1.29 is 4.79 Å². The molecule has 0 saturated carbocycles. The fraction of sp³-hybridized carbons (Fsp3) is 0.458. The SMILES string of the molecule is Cc1ccc(-c2nc(N3CCN(C(=O)CCCl)CC3)c3c4c(sc3n2)CCCC4)cc1. The van der Waals surface area contributed by atoms with Crippen LogP contribution in [0.15, 0.2) is 24.3 Å². The molecule has 3 aromatic rings. The third-order valence-corrected chi connectivity index (χ3v) is 7.72. The van der Waals surface area contributed by atoms with Crippen molar-refractivity contribution in [3.63, 3.8) is 0 Å². The molecule has 2 aliphatic rings. The molecule has 1 amide bonds. The van der Waals surface area contributed by atoms with Gasteiger partial charge in [0.05, 0.1) is 5.39 Å². The number of carbonyl (C=O) groups excluding carboxylic acids is 1. The number of halogens is 1. The van der Waals surface area contributed by atoms with Crippen molar-refractivity contribution in [1.29, 1.82) is 0 Å². The Hall–Kier alpha value is -2.18. The average molecular weight is 455 g/mol. The van der Waals surface area contributed by atoms with Crippen LogP contribution in [0.5, 0.6) is 0 Å². The molecule has 31 heavy (non-hydrogen) atoms. The second-order valence-electron chi connectivity index (χ2n) is 8.43. The van der Waals surface area contributed by atoms with E-state index in [0.717, 1.165) is 48.0 Å². The lowest BCUT2D eigenvalue weighted by molar-refractivity contribution is -0.131. The number of aryl methyl sites for hydroxylation is 3. The molecule has 1 saturated heterocycles. The number of hydrogen-bond donors (Lipinski definition) is 0. The zero-order valence-corrected chi connectivity index (χ0v) is 19.4. The van der Waals surface area contributed by atoms with Crippen LogP contribution in [0.3, 0.4) is 0 Å². The van der Waals surface area contributed by atoms with Crippen LogP contribution >= 0.6 is 22.9 Å². The zero-order valence-electron chi connectivity index (χ0n) is 17.9. The van der Waals surface area contributed by atoms with E-state index in [-0.39, 0.29) is 5.91 Å². The number of hydrogen-bond acceptors (Lipinski definition) is 5. The number of rotatable bonds is 4. The fourth-order valence-electron chi connectivity index (χ4n) is 4.61. The smallest absolute Gasteiger partial charge is 0.223 e. The lowest BCUT2D eigenvalue weighted by Crippen LogP contribution is -2.49. The molecule has 0 N–H and O–H groups in total. The molecule has 0 atom stereocenters. The Morgan fingerprint density at radius 1 is 1.06 bits per heavy atom. The largest absolute Gasteiger partial charge is 0.352 e. The molecular formula is C24H27ClN4OS. The summed E-state index contributed by atoms with van der Waals surface area (Å²) in [7, 11) is 0. The van der Waals surface area contributed by atoms with E-state index in [4.69, 9.17) is 21.6 Å². The summed E-state index contributed by atoms with van der Waals surface area (Å²) < 4.78 is 0. The van der Waals surface area contributed by atoms with Gasteiger partial charge in [0.2, 0.25) is 5.91 Å². The van der Waals surface area contributed by atoms with Gasteiger partial charge in [0.15, 0.2) is 5.82 Å². The second kappa shape index (κ2) is 8.75. The van der Waals surface area contributed by atoms with Crippen LogP contribution in [0, 0.1) is 6.92 Å². The number of alkyl halides is 1. The van der Waals surface area contributed by atoms with E-state index in [0.29, 0.717) is 25.4 Å². The number of thiophene rings is 1. The Balaban J connectivity index is 1.54. The van der Waals surface area contributed by atoms with Crippen LogP contribution in [0.1, 0.15) is 35.3 Å². The number of piperazine rings is 1. The number of nitrogens with zero attached hydrogens (tertiary/aromatic N) is 4. The molecule has 5 nitrogen and oxygen atoms in total. The van der Waals surface area contributed by atoms with E-state index >= 15 is 0 Å². The molecule has 1 fully saturated rings. The van der Waals surface area contributed by atoms with Gasteiger partial charge >= 0.3 is 0 Å². The van der Waals surface area contributed by atoms with E-state index in [1.54, 1.807) is 0 Å². The highest BCUT2D eigenvalue weighted by atomic mass is 35.5. The second-order valence-corrected chi connectivity index (χ2v) is 9.90. The molecule has 1 aromatic carbocycles. The normalized spacial score (nSPS) is 16.6. The highest BCUT2D eigenvalue weighted by Crippen LogP contribution is 2.41. The number of benzene rings is 1. The third-order valence-electron chi connectivity index (χ3n) is 6.35. The molecule has 3 heterocycles. The summed E-state index contributed by atoms with van der Waals surface area (Å²) in [5, 5.41) is 1.25. The van der Waals surface area contributed by atoms with Gasteiger partial charge in [0, 0.05) is 48.9 Å². The summed E-state index contributed by atoms with van der Waals surface area (Å²) in [4.78, 5) is 29.3. The summed E-state index contributed by atoms with van der Waals surface area (Å²) in [6.45, 7) is 5.11. The summed E-state index contributed by atoms with van der Waals surface area (Å²) in [6.07, 6.45) is 5.17. The van der Waals surface area contributed by atoms with Crippen LogP contribution < -0.4 is 4.90 Å². The Bertz CT molecular complexity index is 1100. The van der Waals surface area contributed by atoms with Gasteiger partial charge < -0.3 is 9.80 Å². The van der Waals surface area contributed by atoms with Crippen LogP contribution in [0.4, 0.5) is 5.82 Å². The minimum absolute atomic E-state index is 0.149. The van der Waals surface area contributed by atoms with E-state index in [9.17, 15) is 4.79 Å². The predicted molar refractivity (Wildman–Crippen MR) is 128 cm³/mol. The standard InChI is InChI=1S/C24H27ClN4OS/c1-16-6-8-17(9-7-16)22-26-23(29-14-12-28(13-15-29)20(30)10-11-25)21-18-4-2-3-5-19(18)31-24(21)27-22/h6-9H,2-5,10-15H2,1H3. The molecule has 0 spiro atoms. The van der Waals surface area contributed by atoms with Crippen molar-refractivity contribution in [2.75, 3.05) is 37.0 Å². The minimum Gasteiger partial charge on any atom is -0.352 e. The summed E-state index contributed by atoms with van der Waals surface area (Å²) in [5.41, 5.74) is 3.74. The third kappa shape index (κ3) is 4.03. The molecule has 0 unspecified atom stereocenters. The maximum Gasteiger partial charge on any atom is 0.223 e. The molecule has 5 rings (SSSR count). The topological polar surface area (TPSA) is 49.3 Å². The lowest BCUT2D eigenvalue weighted by atomic mass is 9.96. The minimum atomic E-state index is 0.149. The van der Waals surface area contributed by atoms with Gasteiger partial charge in [-0.1, -0.05) is 29.8 Å². The number of aromatic nitrogens is 2. The van der Waals surface area contributed by atoms with Gasteiger partial charge in [-0.15, -0.1) is 22.9 Å². The number of amides is 1. The average Bonchev–Trinajstić information content (AvgIpc) is 3.18. The Morgan fingerprint density at radius 2 is 1.81 bits per heavy atom. The van der Waals surface area contributed by atoms with Gasteiger partial charge in [-0.3, -0.25) is 4.79 Å². The number of fused-ring (bicyclic) bond motifs is 3. The van der Waals surface area contributed by atoms with Crippen molar-refractivity contribution in [3.8, 4) is 11.4 Å². The molecule has 162 valence electrons. The van der Waals surface area contributed by atoms with Crippen molar-refractivity contribution in [1.82, 2.24) is 14.9 Å². The highest BCUT2D eigenvalue weighted by Gasteiger charge is 2.27. The summed E-state index contributed by atoms with van der Waals surface area (Å²) >= 11 is 7.62.